The lowest BCUT2D eigenvalue weighted by Gasteiger charge is -2.05. The fourth-order valence-corrected chi connectivity index (χ4v) is 3.91. The van der Waals surface area contributed by atoms with Crippen molar-refractivity contribution in [3.8, 4) is 11.5 Å². The Balaban J connectivity index is 1.56. The molecule has 1 aromatic rings. The fraction of sp³-hybridized carbons (Fsp3) is 0.684. The van der Waals surface area contributed by atoms with Crippen LogP contribution in [0, 0.1) is 0 Å². The molecule has 2 rings (SSSR count). The van der Waals surface area contributed by atoms with Crippen molar-refractivity contribution in [2.24, 2.45) is 0 Å². The fourth-order valence-electron chi connectivity index (χ4n) is 3.13. The number of benzene rings is 1. The summed E-state index contributed by atoms with van der Waals surface area (Å²) in [5.41, 5.74) is 0.921. The number of hydrogen-bond acceptors (Lipinski definition) is 4. The molecule has 0 N–H and O–H groups in total. The Kier molecular flexibility index (Phi) is 7.89. The molecule has 1 heterocycles. The zero-order valence-corrected chi connectivity index (χ0v) is 15.6. The molecule has 1 aromatic carbocycles. The Labute approximate surface area is 146 Å². The number of unbranched alkanes of at least 4 members (excludes halogenated alkanes) is 10. The Morgan fingerprint density at radius 2 is 1.38 bits per heavy atom. The molecule has 0 amide bonds. The zero-order chi connectivity index (χ0) is 17.3. The van der Waals surface area contributed by atoms with E-state index in [4.69, 9.17) is 8.37 Å². The number of para-hydroxylation sites is 1. The van der Waals surface area contributed by atoms with Gasteiger partial charge in [-0.2, -0.15) is 0 Å². The summed E-state index contributed by atoms with van der Waals surface area (Å²) in [7, 11) is -3.88. The average Bonchev–Trinajstić information content (AvgIpc) is 2.87. The Morgan fingerprint density at radius 1 is 0.792 bits per heavy atom. The summed E-state index contributed by atoms with van der Waals surface area (Å²) in [5.74, 6) is 0.695. The van der Waals surface area contributed by atoms with Crippen molar-refractivity contribution in [3.05, 3.63) is 23.8 Å². The van der Waals surface area contributed by atoms with Crippen LogP contribution in [-0.2, 0) is 16.8 Å². The van der Waals surface area contributed by atoms with Gasteiger partial charge in [0.05, 0.1) is 0 Å². The van der Waals surface area contributed by atoms with Gasteiger partial charge in [0.15, 0.2) is 11.5 Å². The molecule has 0 atom stereocenters. The molecule has 0 bridgehead atoms. The van der Waals surface area contributed by atoms with Gasteiger partial charge in [0.2, 0.25) is 0 Å². The molecular weight excluding hydrogens is 324 g/mol. The molecule has 0 spiro atoms. The van der Waals surface area contributed by atoms with Gasteiger partial charge in [0, 0.05) is 0 Å². The lowest BCUT2D eigenvalue weighted by Crippen LogP contribution is -2.08. The van der Waals surface area contributed by atoms with E-state index in [9.17, 15) is 8.42 Å². The predicted octanol–water partition coefficient (Wildman–Crippen LogP) is 5.56. The van der Waals surface area contributed by atoms with Crippen molar-refractivity contribution in [2.75, 3.05) is 0 Å². The van der Waals surface area contributed by atoms with Crippen molar-refractivity contribution in [2.45, 2.75) is 84.0 Å². The van der Waals surface area contributed by atoms with Gasteiger partial charge in [-0.1, -0.05) is 83.3 Å². The third kappa shape index (κ3) is 6.34. The lowest BCUT2D eigenvalue weighted by atomic mass is 10.0. The van der Waals surface area contributed by atoms with Gasteiger partial charge in [-0.3, -0.25) is 0 Å². The van der Waals surface area contributed by atoms with Crippen LogP contribution in [0.25, 0.3) is 0 Å². The molecule has 0 saturated heterocycles. The molecule has 1 aliphatic heterocycles. The second kappa shape index (κ2) is 9.92. The predicted molar refractivity (Wildman–Crippen MR) is 96.8 cm³/mol. The second-order valence-electron chi connectivity index (χ2n) is 6.60. The Hall–Kier alpha value is -1.23. The van der Waals surface area contributed by atoms with Crippen molar-refractivity contribution < 1.29 is 16.8 Å². The maximum absolute atomic E-state index is 11.4. The smallest absolute Gasteiger partial charge is 0.349 e. The van der Waals surface area contributed by atoms with E-state index in [1.54, 1.807) is 6.07 Å². The molecule has 4 nitrogen and oxygen atoms in total. The molecule has 24 heavy (non-hydrogen) atoms. The van der Waals surface area contributed by atoms with Crippen molar-refractivity contribution in [1.29, 1.82) is 0 Å². The average molecular weight is 355 g/mol. The van der Waals surface area contributed by atoms with E-state index in [2.05, 4.69) is 6.92 Å². The third-order valence-electron chi connectivity index (χ3n) is 4.49. The first kappa shape index (κ1) is 19.1. The molecule has 0 fully saturated rings. The van der Waals surface area contributed by atoms with Gasteiger partial charge >= 0.3 is 10.4 Å². The molecule has 5 heteroatoms. The van der Waals surface area contributed by atoms with E-state index in [0.29, 0.717) is 11.5 Å². The standard InChI is InChI=1S/C19H30O4S/c1-2-3-4-5-6-7-8-9-10-11-12-14-17-15-13-16-18-19(17)23-24(20,21)22-18/h13,15-16H,2-12,14H2,1H3. The van der Waals surface area contributed by atoms with E-state index in [1.807, 2.05) is 12.1 Å². The minimum Gasteiger partial charge on any atom is -0.349 e. The summed E-state index contributed by atoms with van der Waals surface area (Å²) >= 11 is 0. The Bertz CT molecular complexity index is 595. The molecule has 1 aliphatic rings. The van der Waals surface area contributed by atoms with Gasteiger partial charge in [-0.05, 0) is 24.5 Å². The summed E-state index contributed by atoms with van der Waals surface area (Å²) in [6, 6.07) is 5.36. The SMILES string of the molecule is CCCCCCCCCCCCCc1cccc2c1OS(=O)(=O)O2. The molecule has 0 unspecified atom stereocenters. The van der Waals surface area contributed by atoms with Crippen LogP contribution in [-0.4, -0.2) is 8.42 Å². The maximum Gasteiger partial charge on any atom is 0.501 e. The van der Waals surface area contributed by atoms with Crippen molar-refractivity contribution >= 4 is 10.4 Å². The van der Waals surface area contributed by atoms with Crippen LogP contribution < -0.4 is 8.37 Å². The highest BCUT2D eigenvalue weighted by atomic mass is 32.3. The second-order valence-corrected chi connectivity index (χ2v) is 7.75. The third-order valence-corrected chi connectivity index (χ3v) is 5.24. The minimum atomic E-state index is -3.88. The first-order chi connectivity index (χ1) is 11.6. The normalized spacial score (nSPS) is 14.9. The van der Waals surface area contributed by atoms with Crippen LogP contribution in [0.2, 0.25) is 0 Å². The highest BCUT2D eigenvalue weighted by Gasteiger charge is 2.30. The summed E-state index contributed by atoms with van der Waals surface area (Å²) in [5, 5.41) is 0. The number of fused-ring (bicyclic) bond motifs is 1. The number of rotatable bonds is 12. The first-order valence-electron chi connectivity index (χ1n) is 9.38. The summed E-state index contributed by atoms with van der Waals surface area (Å²) in [6.07, 6.45) is 15.1. The minimum absolute atomic E-state index is 0.315. The van der Waals surface area contributed by atoms with E-state index >= 15 is 0 Å². The van der Waals surface area contributed by atoms with E-state index in [-0.39, 0.29) is 0 Å². The molecule has 0 saturated carbocycles. The van der Waals surface area contributed by atoms with Crippen LogP contribution in [0.15, 0.2) is 18.2 Å². The molecular formula is C19H30O4S. The summed E-state index contributed by atoms with van der Waals surface area (Å²) in [4.78, 5) is 0. The van der Waals surface area contributed by atoms with Gasteiger partial charge in [-0.15, -0.1) is 8.42 Å². The Morgan fingerprint density at radius 3 is 2.00 bits per heavy atom. The van der Waals surface area contributed by atoms with Gasteiger partial charge in [0.1, 0.15) is 0 Å². The maximum atomic E-state index is 11.4. The molecule has 0 radical (unpaired) electrons. The van der Waals surface area contributed by atoms with Crippen LogP contribution in [0.1, 0.15) is 83.1 Å². The zero-order valence-electron chi connectivity index (χ0n) is 14.8. The monoisotopic (exact) mass is 354 g/mol. The van der Waals surface area contributed by atoms with Crippen LogP contribution in [0.5, 0.6) is 11.5 Å². The highest BCUT2D eigenvalue weighted by Crippen LogP contribution is 2.39. The quantitative estimate of drug-likeness (QED) is 0.461. The van der Waals surface area contributed by atoms with Crippen LogP contribution in [0.4, 0.5) is 0 Å². The van der Waals surface area contributed by atoms with E-state index < -0.39 is 10.4 Å². The van der Waals surface area contributed by atoms with Crippen LogP contribution in [0.3, 0.4) is 0 Å². The summed E-state index contributed by atoms with van der Waals surface area (Å²) < 4.78 is 32.4. The van der Waals surface area contributed by atoms with E-state index in [0.717, 1.165) is 18.4 Å². The lowest BCUT2D eigenvalue weighted by molar-refractivity contribution is 0.435. The van der Waals surface area contributed by atoms with E-state index in [1.165, 1.54) is 64.2 Å². The largest absolute Gasteiger partial charge is 0.501 e. The first-order valence-corrected chi connectivity index (χ1v) is 10.7. The molecule has 0 aliphatic carbocycles. The summed E-state index contributed by atoms with van der Waals surface area (Å²) in [6.45, 7) is 2.25. The van der Waals surface area contributed by atoms with Gasteiger partial charge in [0.25, 0.3) is 0 Å². The van der Waals surface area contributed by atoms with Crippen molar-refractivity contribution in [3.63, 3.8) is 0 Å². The topological polar surface area (TPSA) is 52.6 Å². The van der Waals surface area contributed by atoms with Crippen molar-refractivity contribution in [1.82, 2.24) is 0 Å². The van der Waals surface area contributed by atoms with Gasteiger partial charge < -0.3 is 8.37 Å². The number of aryl methyl sites for hydroxylation is 1. The molecule has 0 aromatic heterocycles. The highest BCUT2D eigenvalue weighted by molar-refractivity contribution is 7.82. The van der Waals surface area contributed by atoms with Crippen LogP contribution >= 0.6 is 0 Å². The molecule has 136 valence electrons. The number of hydrogen-bond donors (Lipinski definition) is 0. The van der Waals surface area contributed by atoms with Gasteiger partial charge in [-0.25, -0.2) is 0 Å².